The number of carbonyl (C=O) groups is 1. The maximum absolute atomic E-state index is 12.2. The van der Waals surface area contributed by atoms with E-state index in [2.05, 4.69) is 15.0 Å². The van der Waals surface area contributed by atoms with Crippen LogP contribution in [0.15, 0.2) is 17.2 Å². The van der Waals surface area contributed by atoms with Crippen LogP contribution in [0.2, 0.25) is 0 Å². The third kappa shape index (κ3) is 4.08. The van der Waals surface area contributed by atoms with Crippen LogP contribution in [0.4, 0.5) is 0 Å². The van der Waals surface area contributed by atoms with Crippen molar-refractivity contribution >= 4 is 15.9 Å². The van der Waals surface area contributed by atoms with Crippen molar-refractivity contribution in [2.45, 2.75) is 37.6 Å². The summed E-state index contributed by atoms with van der Waals surface area (Å²) in [5.41, 5.74) is 0.321. The van der Waals surface area contributed by atoms with E-state index in [0.29, 0.717) is 12.2 Å². The number of likely N-dealkylation sites (N-methyl/N-ethyl adjacent to an activating group) is 1. The Morgan fingerprint density at radius 1 is 1.41 bits per heavy atom. The average Bonchev–Trinajstić information content (AvgIpc) is 3.16. The highest BCUT2D eigenvalue weighted by molar-refractivity contribution is 7.89. The number of likely N-dealkylation sites (tertiary alicyclic amines) is 1. The number of carbonyl (C=O) groups excluding carboxylic acids is 1. The van der Waals surface area contributed by atoms with Gasteiger partial charge in [0.05, 0.1) is 0 Å². The van der Waals surface area contributed by atoms with E-state index in [9.17, 15) is 13.2 Å². The molecule has 0 aromatic carbocycles. The lowest BCUT2D eigenvalue weighted by Gasteiger charge is -2.13. The molecule has 0 spiro atoms. The number of H-pyrrole nitrogens is 1. The molecule has 1 aliphatic heterocycles. The monoisotopic (exact) mass is 328 g/mol. The topological polar surface area (TPSA) is 94.3 Å². The summed E-state index contributed by atoms with van der Waals surface area (Å²) < 4.78 is 27.0. The number of amides is 1. The van der Waals surface area contributed by atoms with Crippen molar-refractivity contribution in [3.05, 3.63) is 18.0 Å². The minimum absolute atomic E-state index is 0.0458. The summed E-state index contributed by atoms with van der Waals surface area (Å²) in [7, 11) is -3.60. The number of sulfonamides is 1. The van der Waals surface area contributed by atoms with Gasteiger partial charge in [0.15, 0.2) is 0 Å². The Labute approximate surface area is 131 Å². The number of aromatic amines is 1. The highest BCUT2D eigenvalue weighted by Gasteiger charge is 2.23. The van der Waals surface area contributed by atoms with Gasteiger partial charge in [0.25, 0.3) is 5.91 Å². The van der Waals surface area contributed by atoms with Crippen molar-refractivity contribution in [3.8, 4) is 0 Å². The molecule has 7 nitrogen and oxygen atoms in total. The van der Waals surface area contributed by atoms with E-state index in [-0.39, 0.29) is 16.8 Å². The highest BCUT2D eigenvalue weighted by Crippen LogP contribution is 2.15. The molecule has 124 valence electrons. The summed E-state index contributed by atoms with van der Waals surface area (Å²) in [6, 6.07) is 1.45. The van der Waals surface area contributed by atoms with E-state index in [1.54, 1.807) is 4.90 Å². The lowest BCUT2D eigenvalue weighted by atomic mass is 10.3. The molecule has 0 unspecified atom stereocenters. The van der Waals surface area contributed by atoms with Crippen LogP contribution in [0.3, 0.4) is 0 Å². The second kappa shape index (κ2) is 7.26. The zero-order valence-electron chi connectivity index (χ0n) is 13.1. The van der Waals surface area contributed by atoms with E-state index in [1.807, 2.05) is 13.8 Å². The fraction of sp³-hybridized carbons (Fsp3) is 0.643. The van der Waals surface area contributed by atoms with Crippen molar-refractivity contribution in [3.63, 3.8) is 0 Å². The van der Waals surface area contributed by atoms with Crippen molar-refractivity contribution < 1.29 is 13.2 Å². The largest absolute Gasteiger partial charge is 0.356 e. The number of hydrogen-bond acceptors (Lipinski definition) is 4. The third-order valence-corrected chi connectivity index (χ3v) is 5.13. The molecule has 1 aliphatic rings. The second-order valence-electron chi connectivity index (χ2n) is 5.56. The molecule has 1 atom stereocenters. The molecule has 0 aliphatic carbocycles. The lowest BCUT2D eigenvalue weighted by molar-refractivity contribution is 0.0787. The van der Waals surface area contributed by atoms with Crippen LogP contribution < -0.4 is 10.0 Å². The van der Waals surface area contributed by atoms with Gasteiger partial charge in [-0.05, 0) is 32.4 Å². The zero-order chi connectivity index (χ0) is 16.2. The van der Waals surface area contributed by atoms with Crippen LogP contribution in [-0.2, 0) is 10.0 Å². The first-order valence-electron chi connectivity index (χ1n) is 7.64. The van der Waals surface area contributed by atoms with Crippen LogP contribution in [0.25, 0.3) is 0 Å². The quantitative estimate of drug-likeness (QED) is 0.680. The lowest BCUT2D eigenvalue weighted by Crippen LogP contribution is -2.38. The van der Waals surface area contributed by atoms with Crippen LogP contribution in [0.5, 0.6) is 0 Å². The Morgan fingerprint density at radius 3 is 2.73 bits per heavy atom. The molecule has 2 rings (SSSR count). The number of hydrogen-bond donors (Lipinski definition) is 3. The average molecular weight is 328 g/mol. The standard InChI is InChI=1S/C14H24N4O3S/c1-3-15-11(2)9-17-22(20,21)12-8-13(16-10-12)14(19)18-6-4-5-7-18/h8,10-11,15-17H,3-7,9H2,1-2H3/t11-/m1/s1. The van der Waals surface area contributed by atoms with Crippen LogP contribution >= 0.6 is 0 Å². The summed E-state index contributed by atoms with van der Waals surface area (Å²) in [6.45, 7) is 6.42. The molecule has 1 saturated heterocycles. The Hall–Kier alpha value is -1.38. The number of aromatic nitrogens is 1. The van der Waals surface area contributed by atoms with Crippen LogP contribution in [0.1, 0.15) is 37.2 Å². The van der Waals surface area contributed by atoms with E-state index < -0.39 is 10.0 Å². The molecule has 1 fully saturated rings. The highest BCUT2D eigenvalue weighted by atomic mass is 32.2. The maximum Gasteiger partial charge on any atom is 0.270 e. The summed E-state index contributed by atoms with van der Waals surface area (Å²) in [5.74, 6) is -0.139. The molecule has 0 bridgehead atoms. The minimum atomic E-state index is -3.60. The van der Waals surface area contributed by atoms with Crippen molar-refractivity contribution in [1.82, 2.24) is 19.9 Å². The van der Waals surface area contributed by atoms with Gasteiger partial charge in [-0.15, -0.1) is 0 Å². The molecular weight excluding hydrogens is 304 g/mol. The first kappa shape index (κ1) is 17.0. The Balaban J connectivity index is 2.01. The number of nitrogens with one attached hydrogen (secondary N) is 3. The van der Waals surface area contributed by atoms with Gasteiger partial charge in [-0.1, -0.05) is 6.92 Å². The van der Waals surface area contributed by atoms with E-state index in [1.165, 1.54) is 12.3 Å². The predicted molar refractivity (Wildman–Crippen MR) is 84.3 cm³/mol. The third-order valence-electron chi connectivity index (χ3n) is 3.72. The zero-order valence-corrected chi connectivity index (χ0v) is 13.9. The summed E-state index contributed by atoms with van der Waals surface area (Å²) >= 11 is 0. The van der Waals surface area contributed by atoms with Gasteiger partial charge in [0.2, 0.25) is 10.0 Å². The maximum atomic E-state index is 12.2. The first-order chi connectivity index (χ1) is 10.4. The Kier molecular flexibility index (Phi) is 5.60. The van der Waals surface area contributed by atoms with Crippen LogP contribution in [-0.4, -0.2) is 56.4 Å². The van der Waals surface area contributed by atoms with E-state index in [0.717, 1.165) is 32.5 Å². The molecule has 22 heavy (non-hydrogen) atoms. The molecule has 0 radical (unpaired) electrons. The second-order valence-corrected chi connectivity index (χ2v) is 7.33. The van der Waals surface area contributed by atoms with Crippen molar-refractivity contribution in [2.24, 2.45) is 0 Å². The summed E-state index contributed by atoms with van der Waals surface area (Å²) in [6.07, 6.45) is 3.37. The van der Waals surface area contributed by atoms with Gasteiger partial charge >= 0.3 is 0 Å². The van der Waals surface area contributed by atoms with E-state index >= 15 is 0 Å². The van der Waals surface area contributed by atoms with Gasteiger partial charge in [0.1, 0.15) is 10.6 Å². The molecule has 0 saturated carbocycles. The van der Waals surface area contributed by atoms with Gasteiger partial charge in [0, 0.05) is 31.9 Å². The van der Waals surface area contributed by atoms with Gasteiger partial charge in [-0.3, -0.25) is 4.79 Å². The summed E-state index contributed by atoms with van der Waals surface area (Å²) in [5, 5.41) is 3.13. The number of nitrogens with zero attached hydrogens (tertiary/aromatic N) is 1. The molecule has 8 heteroatoms. The van der Waals surface area contributed by atoms with Crippen molar-refractivity contribution in [1.29, 1.82) is 0 Å². The van der Waals surface area contributed by atoms with Crippen molar-refractivity contribution in [2.75, 3.05) is 26.2 Å². The Morgan fingerprint density at radius 2 is 2.09 bits per heavy atom. The van der Waals surface area contributed by atoms with Gasteiger partial charge in [-0.25, -0.2) is 13.1 Å². The van der Waals surface area contributed by atoms with Gasteiger partial charge in [-0.2, -0.15) is 0 Å². The molecular formula is C14H24N4O3S. The summed E-state index contributed by atoms with van der Waals surface area (Å²) in [4.78, 5) is 16.8. The number of rotatable bonds is 7. The fourth-order valence-electron chi connectivity index (χ4n) is 2.48. The SMILES string of the molecule is CCN[C@H](C)CNS(=O)(=O)c1c[nH]c(C(=O)N2CCCC2)c1. The molecule has 1 aromatic heterocycles. The van der Waals surface area contributed by atoms with Crippen LogP contribution in [0, 0.1) is 0 Å². The molecule has 1 amide bonds. The molecule has 3 N–H and O–H groups in total. The van der Waals surface area contributed by atoms with Gasteiger partial charge < -0.3 is 15.2 Å². The fourth-order valence-corrected chi connectivity index (χ4v) is 3.61. The molecule has 2 heterocycles. The normalized spacial score (nSPS) is 16.9. The minimum Gasteiger partial charge on any atom is -0.356 e. The smallest absolute Gasteiger partial charge is 0.270 e. The van der Waals surface area contributed by atoms with E-state index in [4.69, 9.17) is 0 Å². The first-order valence-corrected chi connectivity index (χ1v) is 9.13. The predicted octanol–water partition coefficient (Wildman–Crippen LogP) is 0.527. The molecule has 1 aromatic rings. The Bertz CT molecular complexity index is 605.